The molecule has 0 aliphatic heterocycles. The summed E-state index contributed by atoms with van der Waals surface area (Å²) in [6, 6.07) is 17.4. The lowest BCUT2D eigenvalue weighted by molar-refractivity contribution is 0.596. The summed E-state index contributed by atoms with van der Waals surface area (Å²) >= 11 is 3.59. The lowest BCUT2D eigenvalue weighted by Gasteiger charge is -2.26. The van der Waals surface area contributed by atoms with Gasteiger partial charge in [-0.3, -0.25) is 0 Å². The summed E-state index contributed by atoms with van der Waals surface area (Å²) in [7, 11) is 2.15. The molecule has 0 bridgehead atoms. The van der Waals surface area contributed by atoms with Crippen LogP contribution in [0.2, 0.25) is 0 Å². The van der Waals surface area contributed by atoms with E-state index in [1.54, 1.807) is 0 Å². The van der Waals surface area contributed by atoms with Gasteiger partial charge < -0.3 is 10.2 Å². The Balaban J connectivity index is 2.26. The van der Waals surface area contributed by atoms with E-state index in [0.717, 1.165) is 17.6 Å². The van der Waals surface area contributed by atoms with Gasteiger partial charge >= 0.3 is 0 Å². The first-order chi connectivity index (χ1) is 10.1. The largest absolute Gasteiger partial charge is 0.370 e. The van der Waals surface area contributed by atoms with E-state index >= 15 is 0 Å². The minimum Gasteiger partial charge on any atom is -0.370 e. The second-order valence-corrected chi connectivity index (χ2v) is 6.24. The molecule has 0 aromatic heterocycles. The van der Waals surface area contributed by atoms with Crippen LogP contribution in [0.4, 0.5) is 5.69 Å². The van der Waals surface area contributed by atoms with E-state index in [1.165, 1.54) is 16.8 Å². The molecule has 0 aliphatic rings. The summed E-state index contributed by atoms with van der Waals surface area (Å²) in [6.07, 6.45) is 0. The highest BCUT2D eigenvalue weighted by atomic mass is 79.9. The Labute approximate surface area is 136 Å². The van der Waals surface area contributed by atoms with Gasteiger partial charge in [0.2, 0.25) is 0 Å². The van der Waals surface area contributed by atoms with Crippen molar-refractivity contribution in [3.63, 3.8) is 0 Å². The third-order valence-electron chi connectivity index (χ3n) is 3.64. The third-order valence-corrected chi connectivity index (χ3v) is 4.14. The van der Waals surface area contributed by atoms with Gasteiger partial charge in [0, 0.05) is 29.8 Å². The summed E-state index contributed by atoms with van der Waals surface area (Å²) in [5.74, 6) is 0. The Bertz CT molecular complexity index is 569. The van der Waals surface area contributed by atoms with E-state index in [0.29, 0.717) is 6.04 Å². The molecule has 2 aromatic carbocycles. The molecule has 1 atom stereocenters. The molecule has 2 aromatic rings. The van der Waals surface area contributed by atoms with E-state index in [1.807, 2.05) is 0 Å². The number of benzene rings is 2. The fourth-order valence-electron chi connectivity index (χ4n) is 2.57. The summed E-state index contributed by atoms with van der Waals surface area (Å²) in [4.78, 5) is 2.31. The van der Waals surface area contributed by atoms with Crippen molar-refractivity contribution in [1.82, 2.24) is 5.32 Å². The fraction of sp³-hybridized carbons (Fsp3) is 0.333. The van der Waals surface area contributed by atoms with Crippen molar-refractivity contribution >= 4 is 21.6 Å². The predicted octanol–water partition coefficient (Wildman–Crippen LogP) is 4.76. The summed E-state index contributed by atoms with van der Waals surface area (Å²) in [6.45, 7) is 6.23. The molecule has 0 aliphatic carbocycles. The van der Waals surface area contributed by atoms with Crippen molar-refractivity contribution in [2.24, 2.45) is 0 Å². The Hall–Kier alpha value is -1.32. The van der Waals surface area contributed by atoms with Crippen LogP contribution >= 0.6 is 15.9 Å². The maximum atomic E-state index is 3.59. The summed E-state index contributed by atoms with van der Waals surface area (Å²) < 4.78 is 1.12. The van der Waals surface area contributed by atoms with E-state index < -0.39 is 0 Å². The molecule has 21 heavy (non-hydrogen) atoms. The Morgan fingerprint density at radius 1 is 1.14 bits per heavy atom. The minimum absolute atomic E-state index is 0.344. The maximum absolute atomic E-state index is 3.59. The van der Waals surface area contributed by atoms with Gasteiger partial charge in [-0.15, -0.1) is 0 Å². The van der Waals surface area contributed by atoms with Crippen LogP contribution in [0, 0.1) is 0 Å². The van der Waals surface area contributed by atoms with Crippen molar-refractivity contribution in [3.05, 3.63) is 64.1 Å². The second-order valence-electron chi connectivity index (χ2n) is 5.32. The van der Waals surface area contributed by atoms with Crippen LogP contribution in [0.1, 0.15) is 31.0 Å². The molecule has 2 rings (SSSR count). The molecule has 112 valence electrons. The number of anilines is 1. The molecule has 0 radical (unpaired) electrons. The lowest BCUT2D eigenvalue weighted by Crippen LogP contribution is -2.23. The van der Waals surface area contributed by atoms with E-state index in [9.17, 15) is 0 Å². The smallest absolute Gasteiger partial charge is 0.0426 e. The predicted molar refractivity (Wildman–Crippen MR) is 94.8 cm³/mol. The normalized spacial score (nSPS) is 12.2. The number of halogens is 1. The topological polar surface area (TPSA) is 15.3 Å². The highest BCUT2D eigenvalue weighted by Gasteiger charge is 2.13. The van der Waals surface area contributed by atoms with Crippen molar-refractivity contribution in [1.29, 1.82) is 0 Å². The zero-order chi connectivity index (χ0) is 15.2. The molecule has 1 unspecified atom stereocenters. The molecular formula is C18H23BrN2. The Morgan fingerprint density at radius 2 is 1.86 bits per heavy atom. The van der Waals surface area contributed by atoms with Crippen LogP contribution in [-0.2, 0) is 6.54 Å². The van der Waals surface area contributed by atoms with Gasteiger partial charge in [0.05, 0.1) is 0 Å². The van der Waals surface area contributed by atoms with Gasteiger partial charge in [-0.05, 0) is 36.7 Å². The van der Waals surface area contributed by atoms with Crippen molar-refractivity contribution in [2.45, 2.75) is 26.4 Å². The fourth-order valence-corrected chi connectivity index (χ4v) is 2.92. The standard InChI is InChI=1S/C18H23BrN2/c1-4-20-14(2)17-11-10-16(19)12-18(17)21(3)13-15-8-6-5-7-9-15/h5-12,14,20H,4,13H2,1-3H3. The number of hydrogen-bond donors (Lipinski definition) is 1. The van der Waals surface area contributed by atoms with Crippen molar-refractivity contribution in [3.8, 4) is 0 Å². The summed E-state index contributed by atoms with van der Waals surface area (Å²) in [5, 5.41) is 3.50. The zero-order valence-corrected chi connectivity index (χ0v) is 14.5. The van der Waals surface area contributed by atoms with Gasteiger partial charge in [0.1, 0.15) is 0 Å². The van der Waals surface area contributed by atoms with Crippen LogP contribution < -0.4 is 10.2 Å². The van der Waals surface area contributed by atoms with Crippen LogP contribution in [0.5, 0.6) is 0 Å². The zero-order valence-electron chi connectivity index (χ0n) is 12.9. The molecule has 0 amide bonds. The molecule has 0 fully saturated rings. The van der Waals surface area contributed by atoms with Crippen LogP contribution in [0.15, 0.2) is 53.0 Å². The molecule has 2 nitrogen and oxygen atoms in total. The molecule has 0 heterocycles. The molecule has 0 saturated carbocycles. The van der Waals surface area contributed by atoms with E-state index in [2.05, 4.69) is 95.6 Å². The highest BCUT2D eigenvalue weighted by Crippen LogP contribution is 2.30. The quantitative estimate of drug-likeness (QED) is 0.811. The molecule has 0 saturated heterocycles. The van der Waals surface area contributed by atoms with Gasteiger partial charge in [0.15, 0.2) is 0 Å². The van der Waals surface area contributed by atoms with Gasteiger partial charge in [-0.25, -0.2) is 0 Å². The highest BCUT2D eigenvalue weighted by molar-refractivity contribution is 9.10. The Morgan fingerprint density at radius 3 is 2.52 bits per heavy atom. The number of hydrogen-bond acceptors (Lipinski definition) is 2. The van der Waals surface area contributed by atoms with Crippen molar-refractivity contribution < 1.29 is 0 Å². The van der Waals surface area contributed by atoms with E-state index in [4.69, 9.17) is 0 Å². The van der Waals surface area contributed by atoms with Gasteiger partial charge in [0.25, 0.3) is 0 Å². The first-order valence-electron chi connectivity index (χ1n) is 7.39. The minimum atomic E-state index is 0.344. The number of nitrogens with one attached hydrogen (secondary N) is 1. The van der Waals surface area contributed by atoms with Crippen LogP contribution in [-0.4, -0.2) is 13.6 Å². The maximum Gasteiger partial charge on any atom is 0.0426 e. The average Bonchev–Trinajstić information content (AvgIpc) is 2.48. The molecule has 3 heteroatoms. The monoisotopic (exact) mass is 346 g/mol. The van der Waals surface area contributed by atoms with E-state index in [-0.39, 0.29) is 0 Å². The summed E-state index contributed by atoms with van der Waals surface area (Å²) in [5.41, 5.74) is 3.92. The second kappa shape index (κ2) is 7.62. The average molecular weight is 347 g/mol. The Kier molecular flexibility index (Phi) is 5.83. The molecular weight excluding hydrogens is 324 g/mol. The van der Waals surface area contributed by atoms with Crippen molar-refractivity contribution in [2.75, 3.05) is 18.5 Å². The lowest BCUT2D eigenvalue weighted by atomic mass is 10.0. The molecule has 0 spiro atoms. The van der Waals surface area contributed by atoms with Crippen LogP contribution in [0.3, 0.4) is 0 Å². The SMILES string of the molecule is CCNC(C)c1ccc(Br)cc1N(C)Cc1ccccc1. The number of nitrogens with zero attached hydrogens (tertiary/aromatic N) is 1. The first kappa shape index (κ1) is 16.1. The van der Waals surface area contributed by atoms with Gasteiger partial charge in [-0.2, -0.15) is 0 Å². The number of rotatable bonds is 6. The first-order valence-corrected chi connectivity index (χ1v) is 8.19. The molecule has 1 N–H and O–H groups in total. The third kappa shape index (κ3) is 4.32. The van der Waals surface area contributed by atoms with Gasteiger partial charge in [-0.1, -0.05) is 59.3 Å². The van der Waals surface area contributed by atoms with Crippen LogP contribution in [0.25, 0.3) is 0 Å².